The second-order valence-electron chi connectivity index (χ2n) is 10.0. The van der Waals surface area contributed by atoms with Crippen molar-refractivity contribution in [1.82, 2.24) is 25.9 Å². The van der Waals surface area contributed by atoms with E-state index in [9.17, 15) is 24.3 Å². The summed E-state index contributed by atoms with van der Waals surface area (Å²) in [5, 5.41) is 17.5. The van der Waals surface area contributed by atoms with Crippen molar-refractivity contribution in [3.05, 3.63) is 54.1 Å². The van der Waals surface area contributed by atoms with Crippen LogP contribution in [0.4, 0.5) is 0 Å². The Balaban J connectivity index is 2.14. The SMILES string of the molecule is CC(C)CC(NC(=O)C(N)Cc1ccccc1)C(=O)NC(Cc1cnc[nH]1)C(=O)NC(CCCCN)C(=O)O. The van der Waals surface area contributed by atoms with Crippen LogP contribution in [0.3, 0.4) is 0 Å². The number of nitrogens with two attached hydrogens (primary N) is 2. The summed E-state index contributed by atoms with van der Waals surface area (Å²) >= 11 is 0. The highest BCUT2D eigenvalue weighted by Gasteiger charge is 2.31. The number of aliphatic carboxylic acids is 1. The van der Waals surface area contributed by atoms with Crippen LogP contribution >= 0.6 is 0 Å². The maximum atomic E-state index is 13.4. The van der Waals surface area contributed by atoms with Gasteiger partial charge in [-0.15, -0.1) is 0 Å². The molecule has 3 amide bonds. The summed E-state index contributed by atoms with van der Waals surface area (Å²) in [6.07, 6.45) is 4.96. The average Bonchev–Trinajstić information content (AvgIpc) is 3.40. The first-order valence-corrected chi connectivity index (χ1v) is 13.2. The molecule has 12 heteroatoms. The Bertz CT molecular complexity index is 1050. The number of nitrogens with one attached hydrogen (secondary N) is 4. The number of amides is 3. The molecule has 1 heterocycles. The summed E-state index contributed by atoms with van der Waals surface area (Å²) in [4.78, 5) is 58.0. The van der Waals surface area contributed by atoms with Crippen LogP contribution in [0.5, 0.6) is 0 Å². The zero-order valence-corrected chi connectivity index (χ0v) is 22.6. The molecule has 0 aliphatic carbocycles. The highest BCUT2D eigenvalue weighted by atomic mass is 16.4. The first-order chi connectivity index (χ1) is 18.6. The van der Waals surface area contributed by atoms with Crippen molar-refractivity contribution in [2.75, 3.05) is 6.54 Å². The van der Waals surface area contributed by atoms with Crippen molar-refractivity contribution >= 4 is 23.7 Å². The highest BCUT2D eigenvalue weighted by molar-refractivity contribution is 5.94. The number of aromatic amines is 1. The summed E-state index contributed by atoms with van der Waals surface area (Å²) in [6, 6.07) is 5.24. The normalized spacial score (nSPS) is 14.2. The molecule has 0 saturated carbocycles. The fourth-order valence-corrected chi connectivity index (χ4v) is 4.06. The molecule has 0 fully saturated rings. The van der Waals surface area contributed by atoms with Crippen molar-refractivity contribution in [2.45, 2.75) is 76.5 Å². The molecule has 0 aliphatic rings. The van der Waals surface area contributed by atoms with E-state index in [0.29, 0.717) is 37.9 Å². The topological polar surface area (TPSA) is 205 Å². The number of hydrogen-bond donors (Lipinski definition) is 7. The molecular weight excluding hydrogens is 502 g/mol. The lowest BCUT2D eigenvalue weighted by Gasteiger charge is -2.26. The fourth-order valence-electron chi connectivity index (χ4n) is 4.06. The number of imidazole rings is 1. The molecule has 2 aromatic rings. The number of nitrogens with zero attached hydrogens (tertiary/aromatic N) is 1. The number of unbranched alkanes of at least 4 members (excludes halogenated alkanes) is 1. The molecule has 4 atom stereocenters. The van der Waals surface area contributed by atoms with Gasteiger partial charge in [-0.1, -0.05) is 44.2 Å². The highest BCUT2D eigenvalue weighted by Crippen LogP contribution is 2.09. The van der Waals surface area contributed by atoms with Gasteiger partial charge >= 0.3 is 5.97 Å². The smallest absolute Gasteiger partial charge is 0.326 e. The Labute approximate surface area is 228 Å². The Kier molecular flexibility index (Phi) is 13.1. The van der Waals surface area contributed by atoms with Gasteiger partial charge in [0.15, 0.2) is 0 Å². The van der Waals surface area contributed by atoms with Gasteiger partial charge < -0.3 is 37.5 Å². The monoisotopic (exact) mass is 543 g/mol. The number of hydrogen-bond acceptors (Lipinski definition) is 7. The van der Waals surface area contributed by atoms with Gasteiger partial charge in [0, 0.05) is 18.3 Å². The number of H-pyrrole nitrogens is 1. The number of carboxylic acids is 1. The van der Waals surface area contributed by atoms with Crippen LogP contribution in [0.25, 0.3) is 0 Å². The Morgan fingerprint density at radius 1 is 0.923 bits per heavy atom. The van der Waals surface area contributed by atoms with Crippen LogP contribution in [-0.2, 0) is 32.0 Å². The second-order valence-corrected chi connectivity index (χ2v) is 10.0. The van der Waals surface area contributed by atoms with Gasteiger partial charge in [-0.05, 0) is 50.1 Å². The van der Waals surface area contributed by atoms with Crippen molar-refractivity contribution in [3.8, 4) is 0 Å². The third-order valence-corrected chi connectivity index (χ3v) is 6.15. The van der Waals surface area contributed by atoms with Crippen molar-refractivity contribution < 1.29 is 24.3 Å². The van der Waals surface area contributed by atoms with Crippen molar-refractivity contribution in [2.24, 2.45) is 17.4 Å². The molecular formula is C27H41N7O5. The quantitative estimate of drug-likeness (QED) is 0.137. The van der Waals surface area contributed by atoms with Gasteiger partial charge in [0.25, 0.3) is 0 Å². The Hall–Kier alpha value is -3.77. The summed E-state index contributed by atoms with van der Waals surface area (Å²) in [5.74, 6) is -2.85. The fraction of sp³-hybridized carbons (Fsp3) is 0.519. The maximum Gasteiger partial charge on any atom is 0.326 e. The van der Waals surface area contributed by atoms with E-state index in [1.165, 1.54) is 12.5 Å². The van der Waals surface area contributed by atoms with Gasteiger partial charge in [-0.3, -0.25) is 14.4 Å². The lowest BCUT2D eigenvalue weighted by Crippen LogP contribution is -2.58. The summed E-state index contributed by atoms with van der Waals surface area (Å²) < 4.78 is 0. The molecule has 1 aromatic carbocycles. The van der Waals surface area contributed by atoms with Crippen LogP contribution in [-0.4, -0.2) is 69.5 Å². The van der Waals surface area contributed by atoms with Gasteiger partial charge in [0.05, 0.1) is 12.4 Å². The number of carboxylic acid groups (broad SMARTS) is 1. The van der Waals surface area contributed by atoms with E-state index in [4.69, 9.17) is 11.5 Å². The number of aromatic nitrogens is 2. The van der Waals surface area contributed by atoms with E-state index in [2.05, 4.69) is 25.9 Å². The Morgan fingerprint density at radius 3 is 2.15 bits per heavy atom. The summed E-state index contributed by atoms with van der Waals surface area (Å²) in [5.41, 5.74) is 13.1. The van der Waals surface area contributed by atoms with Crippen LogP contribution in [0, 0.1) is 5.92 Å². The lowest BCUT2D eigenvalue weighted by atomic mass is 10.0. The second kappa shape index (κ2) is 16.2. The number of carbonyl (C=O) groups excluding carboxylic acids is 3. The van der Waals surface area contributed by atoms with Gasteiger partial charge in [-0.25, -0.2) is 9.78 Å². The summed E-state index contributed by atoms with van der Waals surface area (Å²) in [7, 11) is 0. The predicted molar refractivity (Wildman–Crippen MR) is 146 cm³/mol. The molecule has 0 aliphatic heterocycles. The van der Waals surface area contributed by atoms with E-state index in [-0.39, 0.29) is 18.8 Å². The molecule has 12 nitrogen and oxygen atoms in total. The zero-order chi connectivity index (χ0) is 28.8. The lowest BCUT2D eigenvalue weighted by molar-refractivity contribution is -0.142. The number of carbonyl (C=O) groups is 4. The first-order valence-electron chi connectivity index (χ1n) is 13.2. The summed E-state index contributed by atoms with van der Waals surface area (Å²) in [6.45, 7) is 4.23. The molecule has 0 spiro atoms. The van der Waals surface area contributed by atoms with Gasteiger partial charge in [0.2, 0.25) is 17.7 Å². The van der Waals surface area contributed by atoms with Crippen LogP contribution in [0.15, 0.2) is 42.9 Å². The minimum absolute atomic E-state index is 0.0442. The third kappa shape index (κ3) is 11.2. The minimum Gasteiger partial charge on any atom is -0.480 e. The van der Waals surface area contributed by atoms with E-state index in [1.807, 2.05) is 44.2 Å². The molecule has 9 N–H and O–H groups in total. The van der Waals surface area contributed by atoms with Gasteiger partial charge in [0.1, 0.15) is 18.1 Å². The molecule has 39 heavy (non-hydrogen) atoms. The van der Waals surface area contributed by atoms with E-state index < -0.39 is 47.9 Å². The zero-order valence-electron chi connectivity index (χ0n) is 22.6. The minimum atomic E-state index is -1.18. The molecule has 2 rings (SSSR count). The predicted octanol–water partition coefficient (Wildman–Crippen LogP) is 0.236. The molecule has 0 radical (unpaired) electrons. The average molecular weight is 544 g/mol. The third-order valence-electron chi connectivity index (χ3n) is 6.15. The molecule has 0 bridgehead atoms. The molecule has 1 aromatic heterocycles. The van der Waals surface area contributed by atoms with Crippen LogP contribution < -0.4 is 27.4 Å². The largest absolute Gasteiger partial charge is 0.480 e. The van der Waals surface area contributed by atoms with E-state index >= 15 is 0 Å². The number of rotatable bonds is 17. The van der Waals surface area contributed by atoms with Crippen molar-refractivity contribution in [3.63, 3.8) is 0 Å². The Morgan fingerprint density at radius 2 is 1.56 bits per heavy atom. The maximum absolute atomic E-state index is 13.4. The number of benzene rings is 1. The van der Waals surface area contributed by atoms with E-state index in [0.717, 1.165) is 5.56 Å². The van der Waals surface area contributed by atoms with E-state index in [1.54, 1.807) is 0 Å². The first kappa shape index (κ1) is 31.4. The molecule has 214 valence electrons. The van der Waals surface area contributed by atoms with Crippen molar-refractivity contribution in [1.29, 1.82) is 0 Å². The standard InChI is InChI=1S/C27H41N7O5/c1-17(2)12-22(33-24(35)20(29)13-18-8-4-3-5-9-18)25(36)34-23(14-19-15-30-16-31-19)26(37)32-21(27(38)39)10-6-7-11-28/h3-5,8-9,15-17,20-23H,6-7,10-14,28-29H2,1-2H3,(H,30,31)(H,32,37)(H,33,35)(H,34,36)(H,38,39). The van der Waals surface area contributed by atoms with Crippen LogP contribution in [0.1, 0.15) is 50.8 Å². The van der Waals surface area contributed by atoms with Gasteiger partial charge in [-0.2, -0.15) is 0 Å². The molecule has 0 saturated heterocycles. The molecule has 4 unspecified atom stereocenters. The van der Waals surface area contributed by atoms with Crippen LogP contribution in [0.2, 0.25) is 0 Å².